The number of nitrogens with two attached hydrogens (primary N) is 1. The standard InChI is InChI=1S/C17H15Cl2NO5/c1-24-15-7-9(13(20)8-16(21)22)3-5-14(15)25-17(23)10-2-4-11(18)12(19)6-10/h2-7,13H,8,20H2,1H3,(H,21,22). The zero-order valence-electron chi connectivity index (χ0n) is 13.2. The van der Waals surface area contributed by atoms with E-state index in [1.165, 1.54) is 37.4 Å². The Hall–Kier alpha value is -2.28. The van der Waals surface area contributed by atoms with Crippen molar-refractivity contribution in [2.75, 3.05) is 7.11 Å². The van der Waals surface area contributed by atoms with Crippen LogP contribution in [-0.4, -0.2) is 24.2 Å². The molecule has 0 amide bonds. The van der Waals surface area contributed by atoms with Crippen LogP contribution in [0.4, 0.5) is 0 Å². The molecule has 0 aromatic heterocycles. The summed E-state index contributed by atoms with van der Waals surface area (Å²) in [6.45, 7) is 0. The SMILES string of the molecule is COc1cc(C(N)CC(=O)O)ccc1OC(=O)c1ccc(Cl)c(Cl)c1. The smallest absolute Gasteiger partial charge is 0.343 e. The monoisotopic (exact) mass is 383 g/mol. The molecule has 6 nitrogen and oxygen atoms in total. The van der Waals surface area contributed by atoms with Gasteiger partial charge >= 0.3 is 11.9 Å². The lowest BCUT2D eigenvalue weighted by molar-refractivity contribution is -0.137. The van der Waals surface area contributed by atoms with E-state index >= 15 is 0 Å². The van der Waals surface area contributed by atoms with Crippen LogP contribution in [0.25, 0.3) is 0 Å². The van der Waals surface area contributed by atoms with Crippen molar-refractivity contribution in [2.24, 2.45) is 5.73 Å². The summed E-state index contributed by atoms with van der Waals surface area (Å²) >= 11 is 11.7. The van der Waals surface area contributed by atoms with Crippen molar-refractivity contribution in [3.8, 4) is 11.5 Å². The van der Waals surface area contributed by atoms with Crippen molar-refractivity contribution in [3.05, 3.63) is 57.6 Å². The largest absolute Gasteiger partial charge is 0.493 e. The second-order valence-corrected chi connectivity index (χ2v) is 5.95. The van der Waals surface area contributed by atoms with Gasteiger partial charge in [0.25, 0.3) is 0 Å². The highest BCUT2D eigenvalue weighted by Gasteiger charge is 2.17. The van der Waals surface area contributed by atoms with Crippen LogP contribution in [-0.2, 0) is 4.79 Å². The number of carboxylic acids is 1. The van der Waals surface area contributed by atoms with E-state index in [0.29, 0.717) is 10.6 Å². The van der Waals surface area contributed by atoms with Gasteiger partial charge in [-0.15, -0.1) is 0 Å². The summed E-state index contributed by atoms with van der Waals surface area (Å²) < 4.78 is 10.5. The average molecular weight is 384 g/mol. The van der Waals surface area contributed by atoms with E-state index in [1.54, 1.807) is 6.07 Å². The van der Waals surface area contributed by atoms with E-state index in [-0.39, 0.29) is 28.5 Å². The number of rotatable bonds is 6. The Kier molecular flexibility index (Phi) is 6.25. The molecule has 0 spiro atoms. The molecule has 1 atom stereocenters. The summed E-state index contributed by atoms with van der Waals surface area (Å²) in [6, 6.07) is 8.28. The normalized spacial score (nSPS) is 11.7. The quantitative estimate of drug-likeness (QED) is 0.582. The van der Waals surface area contributed by atoms with E-state index < -0.39 is 18.0 Å². The molecule has 1 unspecified atom stereocenters. The van der Waals surface area contributed by atoms with E-state index in [4.69, 9.17) is 43.5 Å². The fraction of sp³-hybridized carbons (Fsp3) is 0.176. The zero-order valence-corrected chi connectivity index (χ0v) is 14.7. The maximum absolute atomic E-state index is 12.2. The van der Waals surface area contributed by atoms with Gasteiger partial charge in [0.1, 0.15) is 0 Å². The Morgan fingerprint density at radius 3 is 2.44 bits per heavy atom. The van der Waals surface area contributed by atoms with Gasteiger partial charge in [0.15, 0.2) is 11.5 Å². The molecular formula is C17H15Cl2NO5. The van der Waals surface area contributed by atoms with Crippen LogP contribution in [0.15, 0.2) is 36.4 Å². The van der Waals surface area contributed by atoms with Gasteiger partial charge in [0.2, 0.25) is 0 Å². The second-order valence-electron chi connectivity index (χ2n) is 5.13. The second kappa shape index (κ2) is 8.20. The van der Waals surface area contributed by atoms with Gasteiger partial charge in [-0.25, -0.2) is 4.79 Å². The Morgan fingerprint density at radius 1 is 1.12 bits per heavy atom. The lowest BCUT2D eigenvalue weighted by Gasteiger charge is -2.14. The van der Waals surface area contributed by atoms with Crippen LogP contribution in [0.2, 0.25) is 10.0 Å². The molecule has 2 aromatic rings. The van der Waals surface area contributed by atoms with E-state index in [9.17, 15) is 9.59 Å². The van der Waals surface area contributed by atoms with Gasteiger partial charge in [0, 0.05) is 6.04 Å². The third kappa shape index (κ3) is 4.85. The van der Waals surface area contributed by atoms with Crippen molar-refractivity contribution in [3.63, 3.8) is 0 Å². The number of esters is 1. The molecule has 0 bridgehead atoms. The number of carboxylic acid groups (broad SMARTS) is 1. The van der Waals surface area contributed by atoms with Gasteiger partial charge in [-0.2, -0.15) is 0 Å². The molecule has 8 heteroatoms. The summed E-state index contributed by atoms with van der Waals surface area (Å²) in [6.07, 6.45) is -0.231. The molecule has 0 saturated carbocycles. The van der Waals surface area contributed by atoms with Crippen molar-refractivity contribution < 1.29 is 24.2 Å². The summed E-state index contributed by atoms with van der Waals surface area (Å²) in [5.41, 5.74) is 6.60. The van der Waals surface area contributed by atoms with Crippen molar-refractivity contribution in [2.45, 2.75) is 12.5 Å². The molecule has 0 fully saturated rings. The lowest BCUT2D eigenvalue weighted by atomic mass is 10.0. The van der Waals surface area contributed by atoms with Crippen LogP contribution in [0.5, 0.6) is 11.5 Å². The van der Waals surface area contributed by atoms with Gasteiger partial charge in [-0.05, 0) is 35.9 Å². The number of carbonyl (C=O) groups excluding carboxylic acids is 1. The fourth-order valence-corrected chi connectivity index (χ4v) is 2.39. The maximum Gasteiger partial charge on any atom is 0.343 e. The van der Waals surface area contributed by atoms with Gasteiger partial charge in [-0.1, -0.05) is 29.3 Å². The first-order chi connectivity index (χ1) is 11.8. The van der Waals surface area contributed by atoms with E-state index in [2.05, 4.69) is 0 Å². The molecular weight excluding hydrogens is 369 g/mol. The van der Waals surface area contributed by atoms with E-state index in [0.717, 1.165) is 0 Å². The molecule has 0 radical (unpaired) electrons. The summed E-state index contributed by atoms with van der Waals surface area (Å²) in [5, 5.41) is 9.37. The zero-order chi connectivity index (χ0) is 18.6. The molecule has 0 heterocycles. The first-order valence-electron chi connectivity index (χ1n) is 7.14. The third-order valence-electron chi connectivity index (χ3n) is 3.37. The van der Waals surface area contributed by atoms with Crippen molar-refractivity contribution >= 4 is 35.1 Å². The Labute approximate surface area is 154 Å². The molecule has 2 aromatic carbocycles. The number of methoxy groups -OCH3 is 1. The predicted octanol–water partition coefficient (Wildman–Crippen LogP) is 3.70. The lowest BCUT2D eigenvalue weighted by Crippen LogP contribution is -2.15. The maximum atomic E-state index is 12.2. The summed E-state index contributed by atoms with van der Waals surface area (Å²) in [4.78, 5) is 23.0. The molecule has 0 aliphatic rings. The highest BCUT2D eigenvalue weighted by Crippen LogP contribution is 2.31. The summed E-state index contributed by atoms with van der Waals surface area (Å²) in [7, 11) is 1.40. The van der Waals surface area contributed by atoms with Crippen LogP contribution in [0, 0.1) is 0 Å². The predicted molar refractivity (Wildman–Crippen MR) is 93.6 cm³/mol. The number of ether oxygens (including phenoxy) is 2. The molecule has 132 valence electrons. The number of aliphatic carboxylic acids is 1. The Balaban J connectivity index is 2.22. The van der Waals surface area contributed by atoms with Gasteiger partial charge in [0.05, 0.1) is 29.1 Å². The van der Waals surface area contributed by atoms with Crippen LogP contribution in [0.3, 0.4) is 0 Å². The summed E-state index contributed by atoms with van der Waals surface area (Å²) in [5.74, 6) is -1.22. The van der Waals surface area contributed by atoms with Crippen LogP contribution < -0.4 is 15.2 Å². The fourth-order valence-electron chi connectivity index (χ4n) is 2.09. The van der Waals surface area contributed by atoms with Crippen LogP contribution in [0.1, 0.15) is 28.4 Å². The highest BCUT2D eigenvalue weighted by molar-refractivity contribution is 6.42. The van der Waals surface area contributed by atoms with Gasteiger partial charge in [-0.3, -0.25) is 4.79 Å². The molecule has 25 heavy (non-hydrogen) atoms. The minimum absolute atomic E-state index is 0.171. The highest BCUT2D eigenvalue weighted by atomic mass is 35.5. The molecule has 2 rings (SSSR count). The molecule has 0 aliphatic heterocycles. The number of hydrogen-bond donors (Lipinski definition) is 2. The number of hydrogen-bond acceptors (Lipinski definition) is 5. The minimum atomic E-state index is -1.01. The van der Waals surface area contributed by atoms with Crippen molar-refractivity contribution in [1.82, 2.24) is 0 Å². The first-order valence-corrected chi connectivity index (χ1v) is 7.90. The molecule has 0 aliphatic carbocycles. The Bertz CT molecular complexity index is 810. The third-order valence-corrected chi connectivity index (χ3v) is 4.11. The molecule has 3 N–H and O–H groups in total. The number of halogens is 2. The number of benzene rings is 2. The first kappa shape index (κ1) is 19.1. The Morgan fingerprint density at radius 2 is 1.84 bits per heavy atom. The van der Waals surface area contributed by atoms with Crippen LogP contribution >= 0.6 is 23.2 Å². The minimum Gasteiger partial charge on any atom is -0.493 e. The number of carbonyl (C=O) groups is 2. The van der Waals surface area contributed by atoms with Gasteiger partial charge < -0.3 is 20.3 Å². The topological polar surface area (TPSA) is 98.8 Å². The van der Waals surface area contributed by atoms with E-state index in [1.807, 2.05) is 0 Å². The van der Waals surface area contributed by atoms with Crippen molar-refractivity contribution in [1.29, 1.82) is 0 Å². The average Bonchev–Trinajstić information content (AvgIpc) is 2.56. The molecule has 0 saturated heterocycles.